The first-order valence-electron chi connectivity index (χ1n) is 12.5. The summed E-state index contributed by atoms with van der Waals surface area (Å²) >= 11 is 0. The first-order chi connectivity index (χ1) is 16.3. The van der Waals surface area contributed by atoms with Crippen LogP contribution in [-0.4, -0.2) is 49.5 Å². The van der Waals surface area contributed by atoms with E-state index in [0.717, 1.165) is 43.9 Å². The van der Waals surface area contributed by atoms with Crippen LogP contribution in [0.1, 0.15) is 49.7 Å². The van der Waals surface area contributed by atoms with Gasteiger partial charge < -0.3 is 14.6 Å². The number of aliphatic hydroxyl groups is 1. The van der Waals surface area contributed by atoms with Crippen molar-refractivity contribution >= 4 is 10.8 Å². The van der Waals surface area contributed by atoms with Crippen LogP contribution in [0.4, 0.5) is 0 Å². The summed E-state index contributed by atoms with van der Waals surface area (Å²) in [5.41, 5.74) is 2.46. The molecule has 4 heteroatoms. The quantitative estimate of drug-likeness (QED) is 0.375. The second kappa shape index (κ2) is 12.6. The van der Waals surface area contributed by atoms with Crippen LogP contribution in [0.25, 0.3) is 10.8 Å². The lowest BCUT2D eigenvalue weighted by atomic mass is 9.97. The van der Waals surface area contributed by atoms with Gasteiger partial charge >= 0.3 is 0 Å². The number of benzene rings is 3. The predicted molar refractivity (Wildman–Crippen MR) is 135 cm³/mol. The number of nitrogens with zero attached hydrogens (tertiary/aromatic N) is 1. The van der Waals surface area contributed by atoms with Crippen LogP contribution >= 0.6 is 0 Å². The predicted octanol–water partition coefficient (Wildman–Crippen LogP) is 5.84. The molecule has 3 aromatic carbocycles. The Balaban J connectivity index is 1.39. The molecule has 4 rings (SSSR count). The van der Waals surface area contributed by atoms with Gasteiger partial charge in [-0.2, -0.15) is 0 Å². The van der Waals surface area contributed by atoms with E-state index in [-0.39, 0.29) is 6.61 Å². The maximum Gasteiger partial charge on any atom is 0.123 e. The van der Waals surface area contributed by atoms with Gasteiger partial charge in [-0.1, -0.05) is 55.3 Å². The van der Waals surface area contributed by atoms with E-state index in [1.165, 1.54) is 60.7 Å². The molecule has 0 aliphatic carbocycles. The summed E-state index contributed by atoms with van der Waals surface area (Å²) in [5.74, 6) is 1.87. The SMILES string of the molecule is OCCCCOc1ccc2ccccc2c1Cc1ccc(OCCN2CCCCCC2)cc1. The molecule has 0 aromatic heterocycles. The Morgan fingerprint density at radius 1 is 0.758 bits per heavy atom. The number of hydrogen-bond donors (Lipinski definition) is 1. The number of likely N-dealkylation sites (tertiary alicyclic amines) is 1. The first-order valence-corrected chi connectivity index (χ1v) is 12.5. The van der Waals surface area contributed by atoms with Crippen LogP contribution in [0.5, 0.6) is 11.5 Å². The maximum absolute atomic E-state index is 9.04. The summed E-state index contributed by atoms with van der Waals surface area (Å²) in [4.78, 5) is 2.53. The Hall–Kier alpha value is -2.56. The Bertz CT molecular complexity index is 978. The summed E-state index contributed by atoms with van der Waals surface area (Å²) in [7, 11) is 0. The number of fused-ring (bicyclic) bond motifs is 1. The summed E-state index contributed by atoms with van der Waals surface area (Å²) in [6.07, 6.45) is 7.79. The fourth-order valence-corrected chi connectivity index (χ4v) is 4.59. The van der Waals surface area contributed by atoms with Gasteiger partial charge in [-0.15, -0.1) is 0 Å². The van der Waals surface area contributed by atoms with E-state index < -0.39 is 0 Å². The molecule has 0 bridgehead atoms. The second-order valence-corrected chi connectivity index (χ2v) is 8.97. The average molecular weight is 448 g/mol. The molecule has 0 spiro atoms. The van der Waals surface area contributed by atoms with Gasteiger partial charge in [0.15, 0.2) is 0 Å². The molecule has 1 N–H and O–H groups in total. The minimum atomic E-state index is 0.209. The Morgan fingerprint density at radius 2 is 1.55 bits per heavy atom. The van der Waals surface area contributed by atoms with E-state index in [2.05, 4.69) is 65.6 Å². The molecule has 1 fully saturated rings. The maximum atomic E-state index is 9.04. The molecule has 33 heavy (non-hydrogen) atoms. The summed E-state index contributed by atoms with van der Waals surface area (Å²) in [6, 6.07) is 21.2. The second-order valence-electron chi connectivity index (χ2n) is 8.97. The van der Waals surface area contributed by atoms with Crippen LogP contribution in [0.3, 0.4) is 0 Å². The van der Waals surface area contributed by atoms with Crippen LogP contribution in [0.15, 0.2) is 60.7 Å². The Labute approximate surface area is 198 Å². The highest BCUT2D eigenvalue weighted by Gasteiger charge is 2.11. The molecular formula is C29H37NO3. The largest absolute Gasteiger partial charge is 0.493 e. The Kier molecular flexibility index (Phi) is 9.02. The van der Waals surface area contributed by atoms with E-state index in [0.29, 0.717) is 6.61 Å². The molecular weight excluding hydrogens is 410 g/mol. The topological polar surface area (TPSA) is 41.9 Å². The first kappa shape index (κ1) is 23.6. The van der Waals surface area contributed by atoms with Gasteiger partial charge in [0, 0.05) is 25.1 Å². The van der Waals surface area contributed by atoms with Crippen LogP contribution in [0, 0.1) is 0 Å². The van der Waals surface area contributed by atoms with E-state index in [1.54, 1.807) is 0 Å². The third-order valence-electron chi connectivity index (χ3n) is 6.49. The highest BCUT2D eigenvalue weighted by molar-refractivity contribution is 5.88. The molecule has 1 heterocycles. The molecule has 0 unspecified atom stereocenters. The average Bonchev–Trinajstić information content (AvgIpc) is 3.13. The van der Waals surface area contributed by atoms with Crippen molar-refractivity contribution in [2.24, 2.45) is 0 Å². The van der Waals surface area contributed by atoms with Crippen molar-refractivity contribution in [3.63, 3.8) is 0 Å². The Morgan fingerprint density at radius 3 is 2.33 bits per heavy atom. The van der Waals surface area contributed by atoms with Crippen molar-refractivity contribution in [3.8, 4) is 11.5 Å². The minimum Gasteiger partial charge on any atom is -0.493 e. The molecule has 4 nitrogen and oxygen atoms in total. The molecule has 0 radical (unpaired) electrons. The van der Waals surface area contributed by atoms with Crippen LogP contribution in [0.2, 0.25) is 0 Å². The van der Waals surface area contributed by atoms with Crippen molar-refractivity contribution in [1.29, 1.82) is 0 Å². The van der Waals surface area contributed by atoms with Gasteiger partial charge in [0.1, 0.15) is 18.1 Å². The number of ether oxygens (including phenoxy) is 2. The lowest BCUT2D eigenvalue weighted by molar-refractivity contribution is 0.214. The van der Waals surface area contributed by atoms with E-state index >= 15 is 0 Å². The van der Waals surface area contributed by atoms with Gasteiger partial charge in [-0.25, -0.2) is 0 Å². The zero-order valence-electron chi connectivity index (χ0n) is 19.7. The lowest BCUT2D eigenvalue weighted by Gasteiger charge is -2.19. The van der Waals surface area contributed by atoms with Gasteiger partial charge in [0.2, 0.25) is 0 Å². The van der Waals surface area contributed by atoms with E-state index in [1.807, 2.05) is 0 Å². The summed E-state index contributed by atoms with van der Waals surface area (Å²) < 4.78 is 12.2. The zero-order chi connectivity index (χ0) is 22.7. The van der Waals surface area contributed by atoms with Gasteiger partial charge in [-0.3, -0.25) is 4.90 Å². The number of aliphatic hydroxyl groups excluding tert-OH is 1. The van der Waals surface area contributed by atoms with Gasteiger partial charge in [0.05, 0.1) is 6.61 Å². The molecule has 1 aliphatic heterocycles. The van der Waals surface area contributed by atoms with Crippen molar-refractivity contribution in [2.45, 2.75) is 44.9 Å². The standard InChI is InChI=1S/C29H37NO3/c31-20-7-8-21-33-29-16-13-25-9-3-4-10-27(25)28(29)23-24-11-14-26(15-12-24)32-22-19-30-17-5-1-2-6-18-30/h3-4,9-16,31H,1-2,5-8,17-23H2. The molecule has 0 saturated carbocycles. The van der Waals surface area contributed by atoms with Crippen molar-refractivity contribution in [2.75, 3.05) is 39.5 Å². The van der Waals surface area contributed by atoms with Crippen molar-refractivity contribution < 1.29 is 14.6 Å². The van der Waals surface area contributed by atoms with Crippen molar-refractivity contribution in [3.05, 3.63) is 71.8 Å². The monoisotopic (exact) mass is 447 g/mol. The molecule has 0 amide bonds. The number of hydrogen-bond acceptors (Lipinski definition) is 4. The highest BCUT2D eigenvalue weighted by Crippen LogP contribution is 2.31. The summed E-state index contributed by atoms with van der Waals surface area (Å²) in [6.45, 7) is 4.99. The lowest BCUT2D eigenvalue weighted by Crippen LogP contribution is -2.29. The fraction of sp³-hybridized carbons (Fsp3) is 0.448. The van der Waals surface area contributed by atoms with E-state index in [9.17, 15) is 0 Å². The molecule has 1 aliphatic rings. The summed E-state index contributed by atoms with van der Waals surface area (Å²) in [5, 5.41) is 11.5. The fourth-order valence-electron chi connectivity index (χ4n) is 4.59. The van der Waals surface area contributed by atoms with Crippen molar-refractivity contribution in [1.82, 2.24) is 4.90 Å². The molecule has 3 aromatic rings. The van der Waals surface area contributed by atoms with Crippen LogP contribution in [-0.2, 0) is 6.42 Å². The van der Waals surface area contributed by atoms with E-state index in [4.69, 9.17) is 14.6 Å². The minimum absolute atomic E-state index is 0.209. The third kappa shape index (κ3) is 6.96. The highest BCUT2D eigenvalue weighted by atomic mass is 16.5. The zero-order valence-corrected chi connectivity index (χ0v) is 19.7. The van der Waals surface area contributed by atoms with Gasteiger partial charge in [-0.05, 0) is 73.3 Å². The number of rotatable bonds is 11. The number of unbranched alkanes of at least 4 members (excludes halogenated alkanes) is 1. The smallest absolute Gasteiger partial charge is 0.123 e. The van der Waals surface area contributed by atoms with Gasteiger partial charge in [0.25, 0.3) is 0 Å². The normalized spacial score (nSPS) is 14.8. The third-order valence-corrected chi connectivity index (χ3v) is 6.49. The molecule has 176 valence electrons. The van der Waals surface area contributed by atoms with Crippen LogP contribution < -0.4 is 9.47 Å². The molecule has 0 atom stereocenters. The molecule has 1 saturated heterocycles.